The molecule has 3 aliphatic rings. The first kappa shape index (κ1) is 44.7. The lowest BCUT2D eigenvalue weighted by molar-refractivity contribution is -0.120. The second-order valence-electron chi connectivity index (χ2n) is 18.9. The van der Waals surface area contributed by atoms with E-state index in [1.165, 1.54) is 12.4 Å². The first-order chi connectivity index (χ1) is 31.6. The molecule has 3 saturated heterocycles. The summed E-state index contributed by atoms with van der Waals surface area (Å²) >= 11 is 0. The summed E-state index contributed by atoms with van der Waals surface area (Å²) in [6.45, 7) is 16.6. The number of imide groups is 1. The number of hydrogen-bond donors (Lipinski definition) is 4. The van der Waals surface area contributed by atoms with Gasteiger partial charge in [0, 0.05) is 84.7 Å². The maximum Gasteiger partial charge on any atom is 0.328 e. The van der Waals surface area contributed by atoms with Crippen LogP contribution in [0.2, 0.25) is 0 Å². The lowest BCUT2D eigenvalue weighted by atomic mass is 9.94. The molecule has 0 spiro atoms. The minimum absolute atomic E-state index is 0.197. The Balaban J connectivity index is 0.828. The molecule has 0 aliphatic carbocycles. The lowest BCUT2D eigenvalue weighted by Gasteiger charge is -2.38. The van der Waals surface area contributed by atoms with Crippen LogP contribution in [0.1, 0.15) is 111 Å². The number of carbonyl (C=O) groups excluding carboxylic acids is 3. The molecule has 2 aromatic carbocycles. The molecule has 9 rings (SSSR count). The van der Waals surface area contributed by atoms with E-state index >= 15 is 4.39 Å². The number of nitrogens with zero attached hydrogens (tertiary/aromatic N) is 9. The Kier molecular flexibility index (Phi) is 12.2. The summed E-state index contributed by atoms with van der Waals surface area (Å²) in [5, 5.41) is 25.2. The Labute approximate surface area is 382 Å². The molecular weight excluding hydrogens is 844 g/mol. The molecule has 346 valence electrons. The number of urea groups is 1. The van der Waals surface area contributed by atoms with Gasteiger partial charge in [-0.25, -0.2) is 19.2 Å². The number of halogens is 1. The topological polar surface area (TPSA) is 204 Å². The molecule has 0 bridgehead atoms. The zero-order valence-electron chi connectivity index (χ0n) is 38.3. The maximum absolute atomic E-state index is 16.2. The highest BCUT2D eigenvalue weighted by atomic mass is 19.1. The van der Waals surface area contributed by atoms with Crippen LogP contribution in [0.4, 0.5) is 20.6 Å². The molecule has 4 N–H and O–H groups in total. The highest BCUT2D eigenvalue weighted by molar-refractivity contribution is 6.05. The monoisotopic (exact) mass is 900 g/mol. The molecule has 3 fully saturated rings. The molecule has 4 amide bonds. The van der Waals surface area contributed by atoms with Crippen molar-refractivity contribution in [3.05, 3.63) is 88.8 Å². The second kappa shape index (κ2) is 18.0. The van der Waals surface area contributed by atoms with E-state index in [2.05, 4.69) is 69.3 Å². The average molecular weight is 901 g/mol. The third kappa shape index (κ3) is 8.90. The van der Waals surface area contributed by atoms with Crippen molar-refractivity contribution in [2.24, 2.45) is 5.92 Å². The van der Waals surface area contributed by atoms with Crippen molar-refractivity contribution < 1.29 is 28.4 Å². The van der Waals surface area contributed by atoms with Crippen molar-refractivity contribution >= 4 is 40.3 Å². The number of rotatable bonds is 11. The van der Waals surface area contributed by atoms with Crippen LogP contribution >= 0.6 is 0 Å². The van der Waals surface area contributed by atoms with E-state index in [-0.39, 0.29) is 29.4 Å². The van der Waals surface area contributed by atoms with Gasteiger partial charge in [-0.3, -0.25) is 24.5 Å². The molecule has 7 heterocycles. The number of nitrogens with one attached hydrogen (secondary N) is 3. The fraction of sp³-hybridized carbons (Fsp3) is 0.458. The number of benzene rings is 2. The summed E-state index contributed by atoms with van der Waals surface area (Å²) in [6.07, 6.45) is 5.94. The van der Waals surface area contributed by atoms with Gasteiger partial charge in [-0.2, -0.15) is 10.1 Å². The number of aromatic amines is 1. The van der Waals surface area contributed by atoms with Gasteiger partial charge in [0.05, 0.1) is 35.8 Å². The number of aromatic nitrogens is 7. The first-order valence-corrected chi connectivity index (χ1v) is 22.8. The number of anilines is 2. The summed E-state index contributed by atoms with van der Waals surface area (Å²) < 4.78 is 23.5. The van der Waals surface area contributed by atoms with Crippen molar-refractivity contribution in [3.63, 3.8) is 0 Å². The quantitative estimate of drug-likeness (QED) is 0.105. The lowest BCUT2D eigenvalue weighted by Crippen LogP contribution is -2.49. The fourth-order valence-corrected chi connectivity index (χ4v) is 9.75. The van der Waals surface area contributed by atoms with Gasteiger partial charge < -0.3 is 29.7 Å². The van der Waals surface area contributed by atoms with Gasteiger partial charge in [0.25, 0.3) is 0 Å². The molecule has 3 aliphatic heterocycles. The largest absolute Gasteiger partial charge is 0.392 e. The summed E-state index contributed by atoms with van der Waals surface area (Å²) in [6, 6.07) is 12.1. The number of likely N-dealkylation sites (tertiary alicyclic amines) is 1. The predicted octanol–water partition coefficient (Wildman–Crippen LogP) is 6.91. The first-order valence-electron chi connectivity index (χ1n) is 22.8. The minimum atomic E-state index is -0.692. The van der Waals surface area contributed by atoms with Gasteiger partial charge in [-0.05, 0) is 106 Å². The number of hydrogen-bond acceptors (Lipinski definition) is 12. The fourth-order valence-electron chi connectivity index (χ4n) is 9.75. The van der Waals surface area contributed by atoms with Crippen LogP contribution in [0.3, 0.4) is 0 Å². The summed E-state index contributed by atoms with van der Waals surface area (Å²) in [5.41, 5.74) is 7.21. The van der Waals surface area contributed by atoms with Crippen LogP contribution in [0.5, 0.6) is 0 Å². The van der Waals surface area contributed by atoms with E-state index in [1.807, 2.05) is 45.9 Å². The molecule has 18 heteroatoms. The van der Waals surface area contributed by atoms with E-state index < -0.39 is 29.8 Å². The number of aliphatic hydroxyl groups excluding tert-OH is 1. The number of carbonyl (C=O) groups is 3. The smallest absolute Gasteiger partial charge is 0.328 e. The standard InChI is InChI=1S/C48H57FN12O5/c1-27(52-44(64)45-55-46(57-66-45)48(4,5)6)35-22-38(49)36(21-31(35)25-62)42-37-23-39(53-43(37)51-26-50-42)41-28(2)56-61(29(41)3)34-13-16-58(17-14-34)24-30-11-18-59(19-12-30)32-7-9-33(10-8-32)60-20-15-40(63)54-47(60)65/h7-10,21-23,26-27,30,34,62H,11-20,24-25H2,1-6H3,(H,52,64)(H,50,51,53)(H,54,63,65)/t27-/m1/s1. The summed E-state index contributed by atoms with van der Waals surface area (Å²) in [4.78, 5) is 60.2. The molecule has 0 unspecified atom stereocenters. The highest BCUT2D eigenvalue weighted by Crippen LogP contribution is 2.37. The van der Waals surface area contributed by atoms with Crippen molar-refractivity contribution in [1.82, 2.24) is 50.4 Å². The van der Waals surface area contributed by atoms with Gasteiger partial charge in [0.1, 0.15) is 17.8 Å². The van der Waals surface area contributed by atoms with E-state index in [1.54, 1.807) is 17.9 Å². The van der Waals surface area contributed by atoms with Gasteiger partial charge in [-0.15, -0.1) is 0 Å². The summed E-state index contributed by atoms with van der Waals surface area (Å²) in [7, 11) is 0. The van der Waals surface area contributed by atoms with E-state index in [0.29, 0.717) is 52.6 Å². The molecule has 66 heavy (non-hydrogen) atoms. The predicted molar refractivity (Wildman–Crippen MR) is 246 cm³/mol. The van der Waals surface area contributed by atoms with E-state index in [4.69, 9.17) is 9.62 Å². The van der Waals surface area contributed by atoms with Crippen LogP contribution in [-0.2, 0) is 16.8 Å². The van der Waals surface area contributed by atoms with Gasteiger partial charge in [-0.1, -0.05) is 25.9 Å². The zero-order valence-corrected chi connectivity index (χ0v) is 38.3. The zero-order chi connectivity index (χ0) is 46.4. The van der Waals surface area contributed by atoms with Crippen molar-refractivity contribution in [3.8, 4) is 22.5 Å². The van der Waals surface area contributed by atoms with Crippen LogP contribution in [-0.4, -0.2) is 102 Å². The number of H-pyrrole nitrogens is 1. The molecule has 0 saturated carbocycles. The molecule has 4 aromatic heterocycles. The molecule has 1 atom stereocenters. The molecule has 0 radical (unpaired) electrons. The Hall–Kier alpha value is -6.53. The van der Waals surface area contributed by atoms with Crippen LogP contribution in [0.15, 0.2) is 53.3 Å². The Morgan fingerprint density at radius 2 is 1.71 bits per heavy atom. The van der Waals surface area contributed by atoms with Crippen molar-refractivity contribution in [1.29, 1.82) is 0 Å². The van der Waals surface area contributed by atoms with Crippen LogP contribution in [0, 0.1) is 25.6 Å². The Morgan fingerprint density at radius 1 is 0.985 bits per heavy atom. The second-order valence-corrected chi connectivity index (χ2v) is 18.9. The number of amides is 4. The van der Waals surface area contributed by atoms with Crippen LogP contribution < -0.4 is 20.4 Å². The molecule has 6 aromatic rings. The van der Waals surface area contributed by atoms with Crippen molar-refractivity contribution in [2.75, 3.05) is 49.1 Å². The Morgan fingerprint density at radius 3 is 2.39 bits per heavy atom. The normalized spacial score (nSPS) is 17.5. The number of piperidine rings is 2. The molecular formula is C48H57FN12O5. The number of aliphatic hydroxyl groups is 1. The highest BCUT2D eigenvalue weighted by Gasteiger charge is 2.30. The van der Waals surface area contributed by atoms with Crippen molar-refractivity contribution in [2.45, 2.75) is 97.8 Å². The number of fused-ring (bicyclic) bond motifs is 1. The van der Waals surface area contributed by atoms with E-state index in [0.717, 1.165) is 92.4 Å². The van der Waals surface area contributed by atoms with Gasteiger partial charge >= 0.3 is 17.8 Å². The average Bonchev–Trinajstić information content (AvgIpc) is 4.05. The minimum Gasteiger partial charge on any atom is -0.392 e. The third-order valence-electron chi connectivity index (χ3n) is 13.4. The number of aryl methyl sites for hydroxylation is 1. The van der Waals surface area contributed by atoms with Crippen LogP contribution in [0.25, 0.3) is 33.5 Å². The molecule has 17 nitrogen and oxygen atoms in total. The Bertz CT molecular complexity index is 2780. The van der Waals surface area contributed by atoms with Gasteiger partial charge in [0.15, 0.2) is 5.82 Å². The third-order valence-corrected chi connectivity index (χ3v) is 13.4. The maximum atomic E-state index is 16.2. The van der Waals surface area contributed by atoms with E-state index in [9.17, 15) is 19.5 Å². The van der Waals surface area contributed by atoms with Gasteiger partial charge in [0.2, 0.25) is 5.91 Å². The summed E-state index contributed by atoms with van der Waals surface area (Å²) in [5.74, 6) is -0.576. The SMILES string of the molecule is Cc1nn(C2CCN(CC3CCN(c4ccc(N5CCC(=O)NC5=O)cc4)CC3)CC2)c(C)c1-c1cc2c(-c3cc(CO)c([C@@H](C)NC(=O)c4nc(C(C)(C)C)no4)cc3F)ncnc2[nH]1.